The molecule has 21 heavy (non-hydrogen) atoms. The molecule has 5 heteroatoms. The van der Waals surface area contributed by atoms with Crippen LogP contribution in [0.4, 0.5) is 4.79 Å². The maximum atomic E-state index is 11.7. The summed E-state index contributed by atoms with van der Waals surface area (Å²) in [7, 11) is 0. The highest BCUT2D eigenvalue weighted by Crippen LogP contribution is 2.21. The monoisotopic (exact) mass is 301 g/mol. The summed E-state index contributed by atoms with van der Waals surface area (Å²) in [6.45, 7) is -12.4. The van der Waals surface area contributed by atoms with Gasteiger partial charge in [0.2, 0.25) is 0 Å². The third-order valence-electron chi connectivity index (χ3n) is 2.93. The van der Waals surface area contributed by atoms with Crippen molar-refractivity contribution in [3.8, 4) is 0 Å². The first-order chi connectivity index (χ1) is 15.6. The molecule has 0 aliphatic carbocycles. The van der Waals surface area contributed by atoms with Gasteiger partial charge in [-0.15, -0.1) is 0 Å². The summed E-state index contributed by atoms with van der Waals surface area (Å²) in [4.78, 5) is 12.3. The van der Waals surface area contributed by atoms with Crippen LogP contribution in [0.5, 0.6) is 0 Å². The normalized spacial score (nSPS) is 33.5. The number of likely N-dealkylation sites (N-methyl/N-ethyl adjacent to an activating group) is 1. The molecule has 1 saturated heterocycles. The Morgan fingerprint density at radius 2 is 2.52 bits per heavy atom. The average molecular weight is 301 g/mol. The molecule has 112 valence electrons. The first-order valence-corrected chi connectivity index (χ1v) is 6.06. The van der Waals surface area contributed by atoms with Gasteiger partial charge in [0.1, 0.15) is 6.56 Å². The van der Waals surface area contributed by atoms with E-state index >= 15 is 0 Å². The first-order valence-electron chi connectivity index (χ1n) is 13.0. The average Bonchev–Trinajstić information content (AvgIpc) is 3.03. The zero-order valence-corrected chi connectivity index (χ0v) is 10.8. The van der Waals surface area contributed by atoms with E-state index in [0.29, 0.717) is 0 Å². The van der Waals surface area contributed by atoms with Gasteiger partial charge < -0.3 is 19.9 Å². The van der Waals surface area contributed by atoms with Crippen molar-refractivity contribution in [2.45, 2.75) is 18.8 Å². The van der Waals surface area contributed by atoms with E-state index < -0.39 is 51.9 Å². The van der Waals surface area contributed by atoms with Crippen LogP contribution in [0.15, 0.2) is 24.4 Å². The van der Waals surface area contributed by atoms with E-state index in [1.807, 2.05) is 0 Å². The lowest BCUT2D eigenvalue weighted by atomic mass is 10.0. The zero-order valence-electron chi connectivity index (χ0n) is 24.8. The smallest absolute Gasteiger partial charge is 0.407 e. The number of rotatable bonds is 5. The predicted octanol–water partition coefficient (Wildman–Crippen LogP) is 1.92. The van der Waals surface area contributed by atoms with Gasteiger partial charge in [0.25, 0.3) is 0 Å². The summed E-state index contributed by atoms with van der Waals surface area (Å²) in [5.74, 6) is 0. The van der Waals surface area contributed by atoms with Gasteiger partial charge in [-0.2, -0.15) is 0 Å². The molecule has 1 atom stereocenters. The fourth-order valence-corrected chi connectivity index (χ4v) is 2.00. The molecule has 1 aliphatic rings. The van der Waals surface area contributed by atoms with Gasteiger partial charge in [-0.25, -0.2) is 4.79 Å². The molecule has 5 nitrogen and oxygen atoms in total. The molecule has 1 aromatic carbocycles. The number of alkyl carbamates (subject to hydrolysis) is 1. The molecule has 1 amide bonds. The molecular weight excluding hydrogens is 266 g/mol. The molecule has 0 radical (unpaired) electrons. The van der Waals surface area contributed by atoms with Crippen LogP contribution in [0.2, 0.25) is 2.82 Å². The second kappa shape index (κ2) is 5.77. The largest absolute Gasteiger partial charge is 0.447 e. The van der Waals surface area contributed by atoms with Gasteiger partial charge >= 0.3 is 6.09 Å². The van der Waals surface area contributed by atoms with Gasteiger partial charge in [-0.05, 0) is 50.0 Å². The van der Waals surface area contributed by atoms with Crippen LogP contribution in [0.1, 0.15) is 27.6 Å². The lowest BCUT2D eigenvalue weighted by Gasteiger charge is -2.09. The molecular formula is C16H21N3O2. The van der Waals surface area contributed by atoms with Crippen LogP contribution in [0.25, 0.3) is 10.9 Å². The number of hydrogen-bond donors (Lipinski definition) is 2. The van der Waals surface area contributed by atoms with Crippen molar-refractivity contribution in [2.24, 2.45) is 0 Å². The Kier molecular flexibility index (Phi) is 1.38. The van der Waals surface area contributed by atoms with Gasteiger partial charge in [0, 0.05) is 37.3 Å². The molecule has 2 aromatic rings. The van der Waals surface area contributed by atoms with E-state index in [4.69, 9.17) is 19.3 Å². The van der Waals surface area contributed by atoms with Crippen LogP contribution in [-0.2, 0) is 17.5 Å². The standard InChI is InChI=1S/C16H21N3O2/c1-19(2)6-5-12-9-17-15-4-3-11(8-14(12)15)7-13-10-21-16(20)18-13/h3-4,8-9,13,17H,5-7,10H2,1-2H3,(H,18,20)/t13-/m0/s1/i1D3,2D3,6D2,7D2,10D2/hD2. The van der Waals surface area contributed by atoms with Crippen molar-refractivity contribution >= 4 is 17.0 Å². The van der Waals surface area contributed by atoms with E-state index in [9.17, 15) is 4.79 Å². The molecule has 1 aromatic heterocycles. The third-order valence-corrected chi connectivity index (χ3v) is 2.93. The van der Waals surface area contributed by atoms with E-state index in [-0.39, 0.29) is 32.2 Å². The number of benzene rings is 1. The van der Waals surface area contributed by atoms with E-state index in [0.717, 1.165) is 17.2 Å². The van der Waals surface area contributed by atoms with Crippen molar-refractivity contribution in [2.75, 3.05) is 27.0 Å². The zero-order chi connectivity index (χ0) is 26.9. The van der Waals surface area contributed by atoms with Gasteiger partial charge in [0.15, 0.2) is 2.82 Å². The molecule has 0 unspecified atom stereocenters. The SMILES string of the molecule is [2H]N1C(=O)OC([2H])([2H])[C@@H]1C([2H])([2H])c1ccc2c(c1)c(CC([2H])([2H])N(C([2H])([2H])[2H])C([2H])([2H])[2H])cn2[2H]. The minimum atomic E-state index is -3.32. The number of nitrogens with zero attached hydrogens (tertiary/aromatic N) is 1. The summed E-state index contributed by atoms with van der Waals surface area (Å²) in [5.41, 5.74) is -0.0965. The number of cyclic esters (lactones) is 1. The quantitative estimate of drug-likeness (QED) is 0.887. The minimum Gasteiger partial charge on any atom is -0.447 e. The van der Waals surface area contributed by atoms with Gasteiger partial charge in [-0.1, -0.05) is 6.07 Å². The van der Waals surface area contributed by atoms with E-state index in [1.165, 1.54) is 12.1 Å². The third kappa shape index (κ3) is 3.19. The van der Waals surface area contributed by atoms with Crippen LogP contribution in [0, 0.1) is 0 Å². The summed E-state index contributed by atoms with van der Waals surface area (Å²) in [6.07, 6.45) is -3.74. The Balaban J connectivity index is 2.10. The summed E-state index contributed by atoms with van der Waals surface area (Å²) < 4.78 is 114. The Morgan fingerprint density at radius 1 is 1.62 bits per heavy atom. The predicted molar refractivity (Wildman–Crippen MR) is 82.5 cm³/mol. The molecule has 0 spiro atoms. The van der Waals surface area contributed by atoms with Gasteiger partial charge in [0.05, 0.1) is 8.78 Å². The molecule has 0 saturated carbocycles. The summed E-state index contributed by atoms with van der Waals surface area (Å²) in [5, 5.41) is 0.118. The molecule has 1 fully saturated rings. The number of amides is 1. The molecule has 2 heterocycles. The fourth-order valence-electron chi connectivity index (χ4n) is 2.00. The number of ether oxygens (including phenoxy) is 1. The van der Waals surface area contributed by atoms with Crippen molar-refractivity contribution < 1.29 is 28.8 Å². The van der Waals surface area contributed by atoms with Crippen LogP contribution >= 0.6 is 0 Å². The maximum Gasteiger partial charge on any atom is 0.407 e. The number of hydrogen-bond acceptors (Lipinski definition) is 3. The Bertz CT molecular complexity index is 1120. The fraction of sp³-hybridized carbons (Fsp3) is 0.438. The van der Waals surface area contributed by atoms with Crippen molar-refractivity contribution in [3.05, 3.63) is 35.5 Å². The molecule has 2 N–H and O–H groups in total. The first kappa shape index (κ1) is 5.02. The highest BCUT2D eigenvalue weighted by atomic mass is 16.6. The summed E-state index contributed by atoms with van der Waals surface area (Å²) in [6, 6.07) is 1.64. The van der Waals surface area contributed by atoms with Crippen molar-refractivity contribution in [1.82, 2.24) is 15.2 Å². The van der Waals surface area contributed by atoms with Crippen molar-refractivity contribution in [1.29, 1.82) is 0 Å². The number of aromatic nitrogens is 1. The summed E-state index contributed by atoms with van der Waals surface area (Å²) >= 11 is 0. The number of aryl methyl sites for hydroxylation is 1. The van der Waals surface area contributed by atoms with E-state index in [2.05, 4.69) is 4.74 Å². The highest BCUT2D eigenvalue weighted by molar-refractivity contribution is 5.84. The van der Waals surface area contributed by atoms with Crippen LogP contribution < -0.4 is 5.31 Å². The van der Waals surface area contributed by atoms with Crippen molar-refractivity contribution in [3.63, 3.8) is 0 Å². The topological polar surface area (TPSA) is 57.4 Å². The highest BCUT2D eigenvalue weighted by Gasteiger charge is 2.22. The number of nitrogens with one attached hydrogen (secondary N) is 2. The van der Waals surface area contributed by atoms with Gasteiger partial charge in [-0.3, -0.25) is 0 Å². The molecule has 1 aliphatic heterocycles. The Labute approximate surface area is 144 Å². The number of fused-ring (bicyclic) bond motifs is 1. The minimum absolute atomic E-state index is 0.0133. The number of carbonyl (C=O) groups excluding carboxylic acids is 1. The molecule has 3 rings (SSSR count). The lowest BCUT2D eigenvalue weighted by Crippen LogP contribution is -2.28. The number of H-pyrrole nitrogens is 1. The Hall–Kier alpha value is -2.01. The second-order valence-electron chi connectivity index (χ2n) is 4.35. The van der Waals surface area contributed by atoms with Crippen LogP contribution in [-0.4, -0.2) is 49.0 Å². The lowest BCUT2D eigenvalue weighted by molar-refractivity contribution is 0.177. The number of carbonyl (C=O) groups is 1. The second-order valence-corrected chi connectivity index (χ2v) is 4.35. The molecule has 0 bridgehead atoms. The Morgan fingerprint density at radius 3 is 3.29 bits per heavy atom. The maximum absolute atomic E-state index is 11.7. The van der Waals surface area contributed by atoms with Crippen LogP contribution in [0.3, 0.4) is 0 Å². The number of aromatic amines is 1. The van der Waals surface area contributed by atoms with E-state index in [1.54, 1.807) is 0 Å².